The number of benzene rings is 1. The molecule has 21 heavy (non-hydrogen) atoms. The Kier molecular flexibility index (Phi) is 4.01. The van der Waals surface area contributed by atoms with Gasteiger partial charge in [0.25, 0.3) is 0 Å². The SMILES string of the molecule is CCOC(=O)c1cc(N2CCN(C3CC3)CC2)ccc1N. The van der Waals surface area contributed by atoms with Crippen LogP contribution in [0.2, 0.25) is 0 Å². The number of carbonyl (C=O) groups excluding carboxylic acids is 1. The minimum Gasteiger partial charge on any atom is -0.462 e. The minimum absolute atomic E-state index is 0.339. The summed E-state index contributed by atoms with van der Waals surface area (Å²) >= 11 is 0. The zero-order valence-corrected chi connectivity index (χ0v) is 12.5. The fraction of sp³-hybridized carbons (Fsp3) is 0.562. The second-order valence-electron chi connectivity index (χ2n) is 5.75. The van der Waals surface area contributed by atoms with Crippen LogP contribution in [-0.4, -0.2) is 49.7 Å². The maximum atomic E-state index is 11.9. The lowest BCUT2D eigenvalue weighted by atomic mass is 10.1. The van der Waals surface area contributed by atoms with Crippen molar-refractivity contribution < 1.29 is 9.53 Å². The summed E-state index contributed by atoms with van der Waals surface area (Å²) in [6.07, 6.45) is 2.71. The van der Waals surface area contributed by atoms with Gasteiger partial charge < -0.3 is 15.4 Å². The normalized spacial score (nSPS) is 19.6. The highest BCUT2D eigenvalue weighted by Gasteiger charge is 2.31. The van der Waals surface area contributed by atoms with E-state index in [9.17, 15) is 4.79 Å². The van der Waals surface area contributed by atoms with Crippen molar-refractivity contribution in [2.75, 3.05) is 43.4 Å². The average Bonchev–Trinajstić information content (AvgIpc) is 3.33. The molecule has 0 unspecified atom stereocenters. The zero-order chi connectivity index (χ0) is 14.8. The molecule has 2 fully saturated rings. The van der Waals surface area contributed by atoms with Gasteiger partial charge in [-0.1, -0.05) is 0 Å². The highest BCUT2D eigenvalue weighted by atomic mass is 16.5. The Morgan fingerprint density at radius 2 is 2.00 bits per heavy atom. The molecule has 1 aromatic carbocycles. The summed E-state index contributed by atoms with van der Waals surface area (Å²) in [6, 6.07) is 6.48. The van der Waals surface area contributed by atoms with E-state index in [-0.39, 0.29) is 5.97 Å². The predicted octanol–water partition coefficient (Wildman–Crippen LogP) is 1.73. The summed E-state index contributed by atoms with van der Waals surface area (Å²) in [5, 5.41) is 0. The first kappa shape index (κ1) is 14.2. The number of hydrogen-bond donors (Lipinski definition) is 1. The van der Waals surface area contributed by atoms with E-state index in [0.29, 0.717) is 17.9 Å². The summed E-state index contributed by atoms with van der Waals surface area (Å²) in [5.41, 5.74) is 7.90. The van der Waals surface area contributed by atoms with Crippen molar-refractivity contribution in [1.82, 2.24) is 4.90 Å². The molecule has 5 nitrogen and oxygen atoms in total. The molecule has 114 valence electrons. The van der Waals surface area contributed by atoms with Gasteiger partial charge in [0.1, 0.15) is 0 Å². The van der Waals surface area contributed by atoms with Crippen LogP contribution >= 0.6 is 0 Å². The third-order valence-electron chi connectivity index (χ3n) is 4.27. The molecule has 1 aliphatic heterocycles. The number of esters is 1. The molecule has 1 saturated heterocycles. The number of nitrogens with two attached hydrogens (primary N) is 1. The second-order valence-corrected chi connectivity index (χ2v) is 5.75. The molecule has 0 spiro atoms. The molecule has 2 N–H and O–H groups in total. The predicted molar refractivity (Wildman–Crippen MR) is 83.6 cm³/mol. The Bertz CT molecular complexity index is 520. The molecule has 1 aliphatic carbocycles. The molecule has 0 bridgehead atoms. The molecule has 1 heterocycles. The van der Waals surface area contributed by atoms with Gasteiger partial charge in [-0.05, 0) is 38.0 Å². The number of anilines is 2. The quantitative estimate of drug-likeness (QED) is 0.676. The number of piperazine rings is 1. The molecule has 0 radical (unpaired) electrons. The first-order valence-corrected chi connectivity index (χ1v) is 7.74. The lowest BCUT2D eigenvalue weighted by Gasteiger charge is -2.36. The summed E-state index contributed by atoms with van der Waals surface area (Å²) in [4.78, 5) is 16.8. The van der Waals surface area contributed by atoms with Gasteiger partial charge in [-0.15, -0.1) is 0 Å². The number of nitrogens with zero attached hydrogens (tertiary/aromatic N) is 2. The lowest BCUT2D eigenvalue weighted by molar-refractivity contribution is 0.0527. The summed E-state index contributed by atoms with van der Waals surface area (Å²) in [7, 11) is 0. The van der Waals surface area contributed by atoms with Gasteiger partial charge in [0.05, 0.1) is 12.2 Å². The van der Waals surface area contributed by atoms with E-state index in [0.717, 1.165) is 37.9 Å². The molecule has 5 heteroatoms. The maximum absolute atomic E-state index is 11.9. The van der Waals surface area contributed by atoms with Crippen LogP contribution in [0.5, 0.6) is 0 Å². The Morgan fingerprint density at radius 1 is 1.29 bits per heavy atom. The third kappa shape index (κ3) is 3.13. The van der Waals surface area contributed by atoms with Crippen molar-refractivity contribution in [1.29, 1.82) is 0 Å². The van der Waals surface area contributed by atoms with Crippen LogP contribution < -0.4 is 10.6 Å². The molecule has 1 saturated carbocycles. The van der Waals surface area contributed by atoms with Gasteiger partial charge in [0.2, 0.25) is 0 Å². The summed E-state index contributed by atoms with van der Waals surface area (Å²) < 4.78 is 5.06. The minimum atomic E-state index is -0.339. The van der Waals surface area contributed by atoms with Crippen LogP contribution in [0.4, 0.5) is 11.4 Å². The van der Waals surface area contributed by atoms with Crippen LogP contribution in [-0.2, 0) is 4.74 Å². The standard InChI is InChI=1S/C16H23N3O2/c1-2-21-16(20)14-11-13(5-6-15(14)17)19-9-7-18(8-10-19)12-3-4-12/h5-6,11-12H,2-4,7-10,17H2,1H3. The van der Waals surface area contributed by atoms with E-state index in [1.807, 2.05) is 12.1 Å². The van der Waals surface area contributed by atoms with E-state index in [1.165, 1.54) is 12.8 Å². The topological polar surface area (TPSA) is 58.8 Å². The first-order valence-electron chi connectivity index (χ1n) is 7.74. The van der Waals surface area contributed by atoms with Crippen LogP contribution in [0.1, 0.15) is 30.1 Å². The molecule has 2 aliphatic rings. The van der Waals surface area contributed by atoms with Crippen molar-refractivity contribution >= 4 is 17.3 Å². The van der Waals surface area contributed by atoms with Crippen LogP contribution in [0.25, 0.3) is 0 Å². The smallest absolute Gasteiger partial charge is 0.340 e. The monoisotopic (exact) mass is 289 g/mol. The van der Waals surface area contributed by atoms with Gasteiger partial charge in [-0.2, -0.15) is 0 Å². The molecular formula is C16H23N3O2. The highest BCUT2D eigenvalue weighted by molar-refractivity contribution is 5.96. The Morgan fingerprint density at radius 3 is 2.62 bits per heavy atom. The van der Waals surface area contributed by atoms with Gasteiger partial charge in [0, 0.05) is 43.6 Å². The van der Waals surface area contributed by atoms with Crippen molar-refractivity contribution in [2.24, 2.45) is 0 Å². The molecular weight excluding hydrogens is 266 g/mol. The number of nitrogen functional groups attached to an aromatic ring is 1. The fourth-order valence-electron chi connectivity index (χ4n) is 2.91. The number of hydrogen-bond acceptors (Lipinski definition) is 5. The van der Waals surface area contributed by atoms with Crippen molar-refractivity contribution in [3.63, 3.8) is 0 Å². The van der Waals surface area contributed by atoms with Crippen LogP contribution in [0, 0.1) is 0 Å². The molecule has 1 aromatic rings. The van der Waals surface area contributed by atoms with Crippen LogP contribution in [0.3, 0.4) is 0 Å². The number of ether oxygens (including phenoxy) is 1. The molecule has 0 aromatic heterocycles. The summed E-state index contributed by atoms with van der Waals surface area (Å²) in [6.45, 7) is 6.37. The first-order chi connectivity index (χ1) is 10.2. The van der Waals surface area contributed by atoms with Gasteiger partial charge in [-0.3, -0.25) is 4.90 Å². The fourth-order valence-corrected chi connectivity index (χ4v) is 2.91. The largest absolute Gasteiger partial charge is 0.462 e. The maximum Gasteiger partial charge on any atom is 0.340 e. The van der Waals surface area contributed by atoms with Gasteiger partial charge in [-0.25, -0.2) is 4.79 Å². The summed E-state index contributed by atoms with van der Waals surface area (Å²) in [5.74, 6) is -0.339. The van der Waals surface area contributed by atoms with E-state index >= 15 is 0 Å². The van der Waals surface area contributed by atoms with E-state index in [4.69, 9.17) is 10.5 Å². The van der Waals surface area contributed by atoms with Crippen molar-refractivity contribution in [3.05, 3.63) is 23.8 Å². The van der Waals surface area contributed by atoms with E-state index in [2.05, 4.69) is 9.80 Å². The number of carbonyl (C=O) groups is 1. The van der Waals surface area contributed by atoms with E-state index in [1.54, 1.807) is 13.0 Å². The molecule has 3 rings (SSSR count). The van der Waals surface area contributed by atoms with Gasteiger partial charge >= 0.3 is 5.97 Å². The molecule has 0 atom stereocenters. The lowest BCUT2D eigenvalue weighted by Crippen LogP contribution is -2.47. The Balaban J connectivity index is 1.70. The molecule has 0 amide bonds. The van der Waals surface area contributed by atoms with E-state index < -0.39 is 0 Å². The highest BCUT2D eigenvalue weighted by Crippen LogP contribution is 2.29. The van der Waals surface area contributed by atoms with Crippen molar-refractivity contribution in [3.8, 4) is 0 Å². The van der Waals surface area contributed by atoms with Crippen LogP contribution in [0.15, 0.2) is 18.2 Å². The Hall–Kier alpha value is -1.75. The van der Waals surface area contributed by atoms with Crippen molar-refractivity contribution in [2.45, 2.75) is 25.8 Å². The number of rotatable bonds is 4. The zero-order valence-electron chi connectivity index (χ0n) is 12.5. The third-order valence-corrected chi connectivity index (χ3v) is 4.27. The van der Waals surface area contributed by atoms with Gasteiger partial charge in [0.15, 0.2) is 0 Å². The average molecular weight is 289 g/mol. The Labute approximate surface area is 125 Å². The second kappa shape index (κ2) is 5.93.